The van der Waals surface area contributed by atoms with Gasteiger partial charge in [0, 0.05) is 13.1 Å². The van der Waals surface area contributed by atoms with Crippen LogP contribution in [0.3, 0.4) is 0 Å². The van der Waals surface area contributed by atoms with Crippen LogP contribution in [0.4, 0.5) is 4.79 Å². The second-order valence-electron chi connectivity index (χ2n) is 5.26. The van der Waals surface area contributed by atoms with Crippen molar-refractivity contribution in [1.29, 1.82) is 0 Å². The third-order valence-electron chi connectivity index (χ3n) is 3.59. The van der Waals surface area contributed by atoms with Crippen LogP contribution in [0.25, 0.3) is 0 Å². The summed E-state index contributed by atoms with van der Waals surface area (Å²) in [6.07, 6.45) is 0. The van der Waals surface area contributed by atoms with Crippen molar-refractivity contribution in [3.05, 3.63) is 60.2 Å². The van der Waals surface area contributed by atoms with Crippen molar-refractivity contribution in [2.45, 2.75) is 13.5 Å². The van der Waals surface area contributed by atoms with Crippen LogP contribution in [0.5, 0.6) is 11.5 Å². The van der Waals surface area contributed by atoms with Crippen molar-refractivity contribution in [1.82, 2.24) is 10.2 Å². The number of hydrogen-bond acceptors (Lipinski definition) is 3. The Hall–Kier alpha value is -2.69. The summed E-state index contributed by atoms with van der Waals surface area (Å²) < 4.78 is 10.7. The zero-order valence-electron chi connectivity index (χ0n) is 14.2. The van der Waals surface area contributed by atoms with Crippen molar-refractivity contribution in [3.8, 4) is 11.5 Å². The summed E-state index contributed by atoms with van der Waals surface area (Å²) >= 11 is 0. The molecule has 0 unspecified atom stereocenters. The van der Waals surface area contributed by atoms with E-state index in [1.165, 1.54) is 0 Å². The van der Waals surface area contributed by atoms with Crippen LogP contribution < -0.4 is 14.8 Å². The number of nitrogens with zero attached hydrogens (tertiary/aromatic N) is 1. The van der Waals surface area contributed by atoms with Gasteiger partial charge in [-0.3, -0.25) is 0 Å². The topological polar surface area (TPSA) is 50.8 Å². The molecule has 0 heterocycles. The zero-order chi connectivity index (χ0) is 17.2. The molecule has 0 bridgehead atoms. The molecule has 2 rings (SSSR count). The second-order valence-corrected chi connectivity index (χ2v) is 5.26. The largest absolute Gasteiger partial charge is 0.497 e. The van der Waals surface area contributed by atoms with Crippen molar-refractivity contribution < 1.29 is 14.3 Å². The minimum Gasteiger partial charge on any atom is -0.497 e. The lowest BCUT2D eigenvalue weighted by atomic mass is 10.2. The quantitative estimate of drug-likeness (QED) is 0.757. The Kier molecular flexibility index (Phi) is 6.95. The van der Waals surface area contributed by atoms with E-state index in [-0.39, 0.29) is 6.03 Å². The first-order chi connectivity index (χ1) is 11.7. The number of methoxy groups -OCH3 is 1. The lowest BCUT2D eigenvalue weighted by molar-refractivity contribution is 0.195. The fourth-order valence-electron chi connectivity index (χ4n) is 2.24. The molecule has 0 aliphatic heterocycles. The van der Waals surface area contributed by atoms with E-state index in [1.54, 1.807) is 12.0 Å². The van der Waals surface area contributed by atoms with Crippen LogP contribution in [0.2, 0.25) is 0 Å². The fraction of sp³-hybridized carbons (Fsp3) is 0.316. The fourth-order valence-corrected chi connectivity index (χ4v) is 2.24. The lowest BCUT2D eigenvalue weighted by Crippen LogP contribution is -2.40. The summed E-state index contributed by atoms with van der Waals surface area (Å²) in [6.45, 7) is 4.09. The smallest absolute Gasteiger partial charge is 0.317 e. The molecule has 5 nitrogen and oxygen atoms in total. The number of carbonyl (C=O) groups excluding carboxylic acids is 1. The summed E-state index contributed by atoms with van der Waals surface area (Å²) in [7, 11) is 1.63. The lowest BCUT2D eigenvalue weighted by Gasteiger charge is -2.21. The van der Waals surface area contributed by atoms with E-state index in [9.17, 15) is 4.79 Å². The molecule has 24 heavy (non-hydrogen) atoms. The number of carbonyl (C=O) groups is 1. The molecule has 2 amide bonds. The predicted molar refractivity (Wildman–Crippen MR) is 94.4 cm³/mol. The van der Waals surface area contributed by atoms with Crippen LogP contribution >= 0.6 is 0 Å². The first-order valence-corrected chi connectivity index (χ1v) is 8.06. The minimum absolute atomic E-state index is 0.0836. The monoisotopic (exact) mass is 328 g/mol. The van der Waals surface area contributed by atoms with E-state index in [2.05, 4.69) is 5.32 Å². The molecule has 1 N–H and O–H groups in total. The van der Waals surface area contributed by atoms with Gasteiger partial charge in [0.1, 0.15) is 18.1 Å². The molecule has 0 atom stereocenters. The van der Waals surface area contributed by atoms with Crippen LogP contribution in [-0.4, -0.2) is 37.7 Å². The molecule has 0 fully saturated rings. The van der Waals surface area contributed by atoms with Gasteiger partial charge in [-0.15, -0.1) is 0 Å². The number of nitrogens with one attached hydrogen (secondary N) is 1. The van der Waals surface area contributed by atoms with E-state index in [0.29, 0.717) is 26.2 Å². The van der Waals surface area contributed by atoms with Gasteiger partial charge in [-0.05, 0) is 36.8 Å². The first kappa shape index (κ1) is 17.7. The number of amides is 2. The van der Waals surface area contributed by atoms with Gasteiger partial charge in [0.2, 0.25) is 0 Å². The van der Waals surface area contributed by atoms with E-state index in [4.69, 9.17) is 9.47 Å². The van der Waals surface area contributed by atoms with Crippen LogP contribution in [-0.2, 0) is 6.54 Å². The molecule has 2 aromatic carbocycles. The summed E-state index contributed by atoms with van der Waals surface area (Å²) in [5, 5.41) is 2.88. The Bertz CT molecular complexity index is 614. The van der Waals surface area contributed by atoms with E-state index in [0.717, 1.165) is 17.1 Å². The molecule has 128 valence electrons. The first-order valence-electron chi connectivity index (χ1n) is 8.06. The van der Waals surface area contributed by atoms with Gasteiger partial charge >= 0.3 is 6.03 Å². The Morgan fingerprint density at radius 2 is 1.71 bits per heavy atom. The van der Waals surface area contributed by atoms with E-state index in [1.807, 2.05) is 61.5 Å². The number of ether oxygens (including phenoxy) is 2. The Morgan fingerprint density at radius 3 is 2.33 bits per heavy atom. The highest BCUT2D eigenvalue weighted by molar-refractivity contribution is 5.74. The molecule has 5 heteroatoms. The number of benzene rings is 2. The summed E-state index contributed by atoms with van der Waals surface area (Å²) in [5.74, 6) is 1.54. The van der Waals surface area contributed by atoms with Gasteiger partial charge in [-0.2, -0.15) is 0 Å². The Labute approximate surface area is 143 Å². The SMILES string of the molecule is CCN(Cc1ccccc1)C(=O)NCCOc1ccc(OC)cc1. The van der Waals surface area contributed by atoms with Crippen LogP contribution in [0.1, 0.15) is 12.5 Å². The van der Waals surface area contributed by atoms with Crippen molar-refractivity contribution >= 4 is 6.03 Å². The Balaban J connectivity index is 1.72. The van der Waals surface area contributed by atoms with Gasteiger partial charge in [0.15, 0.2) is 0 Å². The maximum absolute atomic E-state index is 12.2. The van der Waals surface area contributed by atoms with Crippen molar-refractivity contribution in [3.63, 3.8) is 0 Å². The standard InChI is InChI=1S/C19H24N2O3/c1-3-21(15-16-7-5-4-6-8-16)19(22)20-13-14-24-18-11-9-17(23-2)10-12-18/h4-12H,3,13-15H2,1-2H3,(H,20,22). The molecule has 0 saturated carbocycles. The number of hydrogen-bond donors (Lipinski definition) is 1. The third kappa shape index (κ3) is 5.50. The summed E-state index contributed by atoms with van der Waals surface area (Å²) in [4.78, 5) is 14.0. The zero-order valence-corrected chi connectivity index (χ0v) is 14.2. The number of rotatable bonds is 8. The molecule has 0 saturated heterocycles. The maximum Gasteiger partial charge on any atom is 0.317 e. The average molecular weight is 328 g/mol. The van der Waals surface area contributed by atoms with E-state index >= 15 is 0 Å². The van der Waals surface area contributed by atoms with Crippen molar-refractivity contribution in [2.75, 3.05) is 26.8 Å². The van der Waals surface area contributed by atoms with Crippen LogP contribution in [0.15, 0.2) is 54.6 Å². The second kappa shape index (κ2) is 9.45. The highest BCUT2D eigenvalue weighted by Gasteiger charge is 2.11. The highest BCUT2D eigenvalue weighted by atomic mass is 16.5. The third-order valence-corrected chi connectivity index (χ3v) is 3.59. The van der Waals surface area contributed by atoms with E-state index < -0.39 is 0 Å². The Morgan fingerprint density at radius 1 is 1.04 bits per heavy atom. The van der Waals surface area contributed by atoms with Crippen molar-refractivity contribution in [2.24, 2.45) is 0 Å². The molecule has 0 aliphatic rings. The van der Waals surface area contributed by atoms with Gasteiger partial charge in [0.25, 0.3) is 0 Å². The molecular formula is C19H24N2O3. The molecule has 0 spiro atoms. The van der Waals surface area contributed by atoms with Gasteiger partial charge in [-0.1, -0.05) is 30.3 Å². The molecule has 0 aromatic heterocycles. The average Bonchev–Trinajstić information content (AvgIpc) is 2.64. The van der Waals surface area contributed by atoms with Gasteiger partial charge in [-0.25, -0.2) is 4.79 Å². The van der Waals surface area contributed by atoms with Crippen LogP contribution in [0, 0.1) is 0 Å². The summed E-state index contributed by atoms with van der Waals surface area (Å²) in [5.41, 5.74) is 1.11. The maximum atomic E-state index is 12.2. The predicted octanol–water partition coefficient (Wildman–Crippen LogP) is 3.31. The highest BCUT2D eigenvalue weighted by Crippen LogP contribution is 2.16. The normalized spacial score (nSPS) is 10.1. The molecule has 0 aliphatic carbocycles. The van der Waals surface area contributed by atoms with Gasteiger partial charge < -0.3 is 19.7 Å². The molecule has 2 aromatic rings. The summed E-state index contributed by atoms with van der Waals surface area (Å²) in [6, 6.07) is 17.2. The number of urea groups is 1. The molecular weight excluding hydrogens is 304 g/mol. The molecule has 0 radical (unpaired) electrons. The minimum atomic E-state index is -0.0836. The van der Waals surface area contributed by atoms with Gasteiger partial charge in [0.05, 0.1) is 13.7 Å².